The van der Waals surface area contributed by atoms with Gasteiger partial charge >= 0.3 is 0 Å². The van der Waals surface area contributed by atoms with E-state index in [2.05, 4.69) is 0 Å². The third-order valence-corrected chi connectivity index (χ3v) is 4.28. The molecule has 17 heavy (non-hydrogen) atoms. The van der Waals surface area contributed by atoms with Crippen molar-refractivity contribution in [2.75, 3.05) is 6.54 Å². The van der Waals surface area contributed by atoms with Crippen LogP contribution in [0.15, 0.2) is 0 Å². The Kier molecular flexibility index (Phi) is 3.02. The molecule has 1 heterocycles. The van der Waals surface area contributed by atoms with Crippen LogP contribution >= 0.6 is 0 Å². The maximum atomic E-state index is 12.0. The van der Waals surface area contributed by atoms with Gasteiger partial charge < -0.3 is 5.11 Å². The van der Waals surface area contributed by atoms with E-state index in [4.69, 9.17) is 0 Å². The smallest absolute Gasteiger partial charge is 0.233 e. The number of carbonyl (C=O) groups excluding carboxylic acids is 2. The first-order chi connectivity index (χ1) is 7.91. The fourth-order valence-corrected chi connectivity index (χ4v) is 2.91. The molecule has 1 aliphatic carbocycles. The Morgan fingerprint density at radius 1 is 1.29 bits per heavy atom. The molecule has 3 unspecified atom stereocenters. The average Bonchev–Trinajstić information content (AvgIpc) is 2.74. The molecule has 2 fully saturated rings. The first kappa shape index (κ1) is 12.6. The predicted octanol–water partition coefficient (Wildman–Crippen LogP) is 1.18. The fourth-order valence-electron chi connectivity index (χ4n) is 2.91. The zero-order valence-electron chi connectivity index (χ0n) is 10.8. The van der Waals surface area contributed by atoms with Crippen LogP contribution in [0.3, 0.4) is 0 Å². The van der Waals surface area contributed by atoms with Crippen LogP contribution < -0.4 is 0 Å². The van der Waals surface area contributed by atoms with Gasteiger partial charge in [-0.15, -0.1) is 0 Å². The Labute approximate surface area is 102 Å². The standard InChI is InChI=1S/C13H21NO3/c1-4-8(15)6-5-7-14-11(16)9-10(12(14)17)13(9,2)3/h8-10,15H,4-7H2,1-3H3. The van der Waals surface area contributed by atoms with Crippen molar-refractivity contribution in [3.63, 3.8) is 0 Å². The third kappa shape index (κ3) is 1.88. The van der Waals surface area contributed by atoms with Gasteiger partial charge in [-0.05, 0) is 24.7 Å². The SMILES string of the molecule is CCC(O)CCCN1C(=O)C2C(C1=O)C2(C)C. The number of nitrogens with zero attached hydrogens (tertiary/aromatic N) is 1. The summed E-state index contributed by atoms with van der Waals surface area (Å²) < 4.78 is 0. The van der Waals surface area contributed by atoms with E-state index < -0.39 is 0 Å². The molecule has 2 aliphatic rings. The lowest BCUT2D eigenvalue weighted by molar-refractivity contribution is -0.143. The van der Waals surface area contributed by atoms with Crippen LogP contribution in [0, 0.1) is 17.3 Å². The Balaban J connectivity index is 1.85. The largest absolute Gasteiger partial charge is 0.393 e. The minimum Gasteiger partial charge on any atom is -0.393 e. The average molecular weight is 239 g/mol. The molecular weight excluding hydrogens is 218 g/mol. The van der Waals surface area contributed by atoms with E-state index in [1.165, 1.54) is 4.90 Å². The number of carbonyl (C=O) groups is 2. The monoisotopic (exact) mass is 239 g/mol. The van der Waals surface area contributed by atoms with Crippen LogP contribution in [-0.4, -0.2) is 34.5 Å². The summed E-state index contributed by atoms with van der Waals surface area (Å²) in [6.45, 7) is 6.36. The van der Waals surface area contributed by atoms with Gasteiger partial charge in [0, 0.05) is 6.54 Å². The molecule has 96 valence electrons. The zero-order valence-corrected chi connectivity index (χ0v) is 10.8. The molecule has 1 saturated heterocycles. The highest BCUT2D eigenvalue weighted by Gasteiger charge is 2.72. The number of amides is 2. The Morgan fingerprint density at radius 3 is 2.29 bits per heavy atom. The molecule has 2 amide bonds. The number of piperidine rings is 1. The summed E-state index contributed by atoms with van der Waals surface area (Å²) in [5.41, 5.74) is -0.117. The third-order valence-electron chi connectivity index (χ3n) is 4.28. The summed E-state index contributed by atoms with van der Waals surface area (Å²) in [7, 11) is 0. The van der Waals surface area contributed by atoms with Crippen LogP contribution in [0.5, 0.6) is 0 Å². The van der Waals surface area contributed by atoms with E-state index in [-0.39, 0.29) is 35.2 Å². The number of hydrogen-bond acceptors (Lipinski definition) is 3. The van der Waals surface area contributed by atoms with Gasteiger partial charge in [0.05, 0.1) is 17.9 Å². The van der Waals surface area contributed by atoms with Gasteiger partial charge in [-0.2, -0.15) is 0 Å². The van der Waals surface area contributed by atoms with E-state index in [0.29, 0.717) is 19.4 Å². The van der Waals surface area contributed by atoms with Crippen LogP contribution in [0.25, 0.3) is 0 Å². The Morgan fingerprint density at radius 2 is 1.82 bits per heavy atom. The van der Waals surface area contributed by atoms with Gasteiger partial charge in [0.1, 0.15) is 0 Å². The lowest BCUT2D eigenvalue weighted by Gasteiger charge is -2.20. The summed E-state index contributed by atoms with van der Waals surface area (Å²) >= 11 is 0. The van der Waals surface area contributed by atoms with Crippen molar-refractivity contribution in [2.45, 2.75) is 46.1 Å². The van der Waals surface area contributed by atoms with Gasteiger partial charge in [-0.25, -0.2) is 0 Å². The molecule has 3 atom stereocenters. The molecule has 0 aromatic carbocycles. The highest BCUT2D eigenvalue weighted by molar-refractivity contribution is 6.10. The summed E-state index contributed by atoms with van der Waals surface area (Å²) in [6.07, 6.45) is 1.77. The summed E-state index contributed by atoms with van der Waals surface area (Å²) in [5.74, 6) is -0.163. The van der Waals surface area contributed by atoms with Crippen molar-refractivity contribution >= 4 is 11.8 Å². The highest BCUT2D eigenvalue weighted by Crippen LogP contribution is 2.63. The molecule has 0 radical (unpaired) electrons. The van der Waals surface area contributed by atoms with E-state index in [1.807, 2.05) is 20.8 Å². The van der Waals surface area contributed by atoms with Crippen molar-refractivity contribution in [1.29, 1.82) is 0 Å². The van der Waals surface area contributed by atoms with Crippen LogP contribution in [0.1, 0.15) is 40.0 Å². The van der Waals surface area contributed by atoms with Gasteiger partial charge in [-0.3, -0.25) is 14.5 Å². The predicted molar refractivity (Wildman–Crippen MR) is 63.0 cm³/mol. The van der Waals surface area contributed by atoms with Crippen molar-refractivity contribution in [1.82, 2.24) is 4.90 Å². The number of aliphatic hydroxyl groups excluding tert-OH is 1. The van der Waals surface area contributed by atoms with Crippen molar-refractivity contribution in [3.05, 3.63) is 0 Å². The molecule has 1 N–H and O–H groups in total. The molecule has 1 saturated carbocycles. The normalized spacial score (nSPS) is 31.6. The lowest BCUT2D eigenvalue weighted by atomic mass is 10.1. The van der Waals surface area contributed by atoms with Crippen molar-refractivity contribution in [3.8, 4) is 0 Å². The molecule has 2 rings (SSSR count). The van der Waals surface area contributed by atoms with Gasteiger partial charge in [0.25, 0.3) is 0 Å². The first-order valence-corrected chi connectivity index (χ1v) is 6.44. The molecule has 4 nitrogen and oxygen atoms in total. The van der Waals surface area contributed by atoms with Crippen molar-refractivity contribution < 1.29 is 14.7 Å². The topological polar surface area (TPSA) is 57.6 Å². The molecule has 0 bridgehead atoms. The first-order valence-electron chi connectivity index (χ1n) is 6.44. The molecule has 4 heteroatoms. The second kappa shape index (κ2) is 4.09. The molecule has 0 spiro atoms. The van der Waals surface area contributed by atoms with E-state index >= 15 is 0 Å². The quantitative estimate of drug-likeness (QED) is 0.733. The molecule has 1 aliphatic heterocycles. The fraction of sp³-hybridized carbons (Fsp3) is 0.846. The lowest BCUT2D eigenvalue weighted by Crippen LogP contribution is -2.37. The van der Waals surface area contributed by atoms with Gasteiger partial charge in [-0.1, -0.05) is 20.8 Å². The second-order valence-corrected chi connectivity index (χ2v) is 5.81. The van der Waals surface area contributed by atoms with Crippen LogP contribution in [0.2, 0.25) is 0 Å². The highest BCUT2D eigenvalue weighted by atomic mass is 16.3. The number of rotatable bonds is 5. The second-order valence-electron chi connectivity index (χ2n) is 5.81. The number of imide groups is 1. The summed E-state index contributed by atoms with van der Waals surface area (Å²) in [6, 6.07) is 0. The molecule has 0 aromatic heterocycles. The van der Waals surface area contributed by atoms with E-state index in [9.17, 15) is 14.7 Å². The van der Waals surface area contributed by atoms with Crippen LogP contribution in [-0.2, 0) is 9.59 Å². The maximum absolute atomic E-state index is 12.0. The Bertz CT molecular complexity index is 327. The number of likely N-dealkylation sites (tertiary alicyclic amines) is 1. The number of aliphatic hydroxyl groups is 1. The minimum absolute atomic E-state index is 0.00371. The van der Waals surface area contributed by atoms with E-state index in [1.54, 1.807) is 0 Å². The van der Waals surface area contributed by atoms with Crippen molar-refractivity contribution in [2.24, 2.45) is 17.3 Å². The minimum atomic E-state index is -0.311. The van der Waals surface area contributed by atoms with Gasteiger partial charge in [0.2, 0.25) is 11.8 Å². The number of fused-ring (bicyclic) bond motifs is 1. The Hall–Kier alpha value is -0.900. The van der Waals surface area contributed by atoms with Gasteiger partial charge in [0.15, 0.2) is 0 Å². The summed E-state index contributed by atoms with van der Waals surface area (Å²) in [5, 5.41) is 9.42. The molecule has 0 aromatic rings. The maximum Gasteiger partial charge on any atom is 0.233 e. The molecular formula is C13H21NO3. The zero-order chi connectivity index (χ0) is 12.8. The number of hydrogen-bond donors (Lipinski definition) is 1. The van der Waals surface area contributed by atoms with Crippen LogP contribution in [0.4, 0.5) is 0 Å². The van der Waals surface area contributed by atoms with E-state index in [0.717, 1.165) is 6.42 Å². The summed E-state index contributed by atoms with van der Waals surface area (Å²) in [4.78, 5) is 25.3.